The zero-order valence-electron chi connectivity index (χ0n) is 15.2. The smallest absolute Gasteiger partial charge is 0.191 e. The first-order chi connectivity index (χ1) is 12.8. The van der Waals surface area contributed by atoms with Gasteiger partial charge in [-0.15, -0.1) is 0 Å². The van der Waals surface area contributed by atoms with E-state index in [1.165, 1.54) is 0 Å². The first-order valence-electron chi connectivity index (χ1n) is 8.87. The van der Waals surface area contributed by atoms with Gasteiger partial charge in [0.25, 0.3) is 0 Å². The molecule has 0 fully saturated rings. The highest BCUT2D eigenvalue weighted by Crippen LogP contribution is 2.04. The first-order valence-corrected chi connectivity index (χ1v) is 10.2. The average molecular weight is 374 g/mol. The van der Waals surface area contributed by atoms with E-state index in [2.05, 4.69) is 15.6 Å². The lowest BCUT2D eigenvalue weighted by molar-refractivity contribution is 0.128. The number of hydrogen-bond donors (Lipinski definition) is 2. The molecule has 26 heavy (non-hydrogen) atoms. The van der Waals surface area contributed by atoms with Crippen LogP contribution in [0.4, 0.5) is 0 Å². The van der Waals surface area contributed by atoms with Crippen LogP contribution in [0.3, 0.4) is 0 Å². The molecule has 0 aliphatic rings. The standard InChI is InChI=1S/C20H27N3O2S/c1-2-21-20(22-13-15-25-17-18-9-5-3-6-10-18)23-14-16-26(24)19-11-7-4-8-12-19/h3-12H,2,13-17H2,1H3,(H2,21,22,23). The Bertz CT molecular complexity index is 678. The molecule has 0 amide bonds. The van der Waals surface area contributed by atoms with E-state index in [0.717, 1.165) is 23.0 Å². The highest BCUT2D eigenvalue weighted by Gasteiger charge is 2.03. The zero-order valence-corrected chi connectivity index (χ0v) is 16.0. The van der Waals surface area contributed by atoms with Crippen LogP contribution in [-0.2, 0) is 22.1 Å². The van der Waals surface area contributed by atoms with Crippen molar-refractivity contribution in [3.63, 3.8) is 0 Å². The summed E-state index contributed by atoms with van der Waals surface area (Å²) in [6.45, 7) is 5.11. The largest absolute Gasteiger partial charge is 0.375 e. The van der Waals surface area contributed by atoms with E-state index < -0.39 is 10.8 Å². The molecule has 140 valence electrons. The molecule has 5 nitrogen and oxygen atoms in total. The normalized spacial score (nSPS) is 12.6. The van der Waals surface area contributed by atoms with E-state index in [-0.39, 0.29) is 0 Å². The maximum absolute atomic E-state index is 12.2. The van der Waals surface area contributed by atoms with Crippen LogP contribution < -0.4 is 10.6 Å². The van der Waals surface area contributed by atoms with Gasteiger partial charge in [-0.2, -0.15) is 0 Å². The first kappa shape index (κ1) is 20.1. The summed E-state index contributed by atoms with van der Waals surface area (Å²) in [5.41, 5.74) is 1.16. The summed E-state index contributed by atoms with van der Waals surface area (Å²) >= 11 is 0. The molecule has 0 saturated carbocycles. The van der Waals surface area contributed by atoms with Crippen LogP contribution >= 0.6 is 0 Å². The molecular formula is C20H27N3O2S. The van der Waals surface area contributed by atoms with E-state index in [1.54, 1.807) is 0 Å². The molecular weight excluding hydrogens is 346 g/mol. The van der Waals surface area contributed by atoms with Crippen LogP contribution in [0.5, 0.6) is 0 Å². The van der Waals surface area contributed by atoms with Crippen molar-refractivity contribution in [2.24, 2.45) is 4.99 Å². The van der Waals surface area contributed by atoms with Gasteiger partial charge in [-0.1, -0.05) is 48.5 Å². The van der Waals surface area contributed by atoms with Crippen LogP contribution in [-0.4, -0.2) is 42.2 Å². The van der Waals surface area contributed by atoms with Crippen LogP contribution in [0.2, 0.25) is 0 Å². The molecule has 0 aliphatic heterocycles. The van der Waals surface area contributed by atoms with Crippen LogP contribution in [0.25, 0.3) is 0 Å². The molecule has 1 unspecified atom stereocenters. The lowest BCUT2D eigenvalue weighted by atomic mass is 10.2. The second kappa shape index (κ2) is 12.2. The maximum Gasteiger partial charge on any atom is 0.191 e. The number of nitrogens with zero attached hydrogens (tertiary/aromatic N) is 1. The van der Waals surface area contributed by atoms with Crippen LogP contribution in [0.15, 0.2) is 70.6 Å². The number of benzene rings is 2. The predicted octanol–water partition coefficient (Wildman–Crippen LogP) is 2.57. The predicted molar refractivity (Wildman–Crippen MR) is 108 cm³/mol. The van der Waals surface area contributed by atoms with Crippen molar-refractivity contribution < 1.29 is 8.95 Å². The molecule has 0 heterocycles. The minimum Gasteiger partial charge on any atom is -0.375 e. The van der Waals surface area contributed by atoms with Crippen molar-refractivity contribution in [1.82, 2.24) is 10.6 Å². The summed E-state index contributed by atoms with van der Waals surface area (Å²) in [4.78, 5) is 5.34. The Morgan fingerprint density at radius 1 is 1.04 bits per heavy atom. The second-order valence-corrected chi connectivity index (χ2v) is 7.16. The maximum atomic E-state index is 12.2. The van der Waals surface area contributed by atoms with Gasteiger partial charge < -0.3 is 15.4 Å². The molecule has 2 N–H and O–H groups in total. The molecule has 0 radical (unpaired) electrons. The van der Waals surface area contributed by atoms with E-state index in [0.29, 0.717) is 32.1 Å². The van der Waals surface area contributed by atoms with Crippen molar-refractivity contribution in [3.05, 3.63) is 66.2 Å². The SMILES string of the molecule is CCNC(=NCCOCc1ccccc1)NCCS(=O)c1ccccc1. The van der Waals surface area contributed by atoms with Gasteiger partial charge in [0, 0.05) is 23.7 Å². The van der Waals surface area contributed by atoms with Crippen molar-refractivity contribution in [3.8, 4) is 0 Å². The van der Waals surface area contributed by atoms with E-state index in [1.807, 2.05) is 67.6 Å². The van der Waals surface area contributed by atoms with Crippen LogP contribution in [0.1, 0.15) is 12.5 Å². The average Bonchev–Trinajstić information content (AvgIpc) is 2.69. The fraction of sp³-hybridized carbons (Fsp3) is 0.350. The minimum absolute atomic E-state index is 0.541. The number of rotatable bonds is 10. The Labute approximate surface area is 158 Å². The Balaban J connectivity index is 1.68. The Hall–Kier alpha value is -2.18. The summed E-state index contributed by atoms with van der Waals surface area (Å²) in [6.07, 6.45) is 0. The molecule has 2 aromatic rings. The van der Waals surface area contributed by atoms with Gasteiger partial charge in [0.2, 0.25) is 0 Å². The zero-order chi connectivity index (χ0) is 18.5. The third-order valence-electron chi connectivity index (χ3n) is 3.55. The fourth-order valence-corrected chi connectivity index (χ4v) is 3.26. The summed E-state index contributed by atoms with van der Waals surface area (Å²) < 4.78 is 17.8. The van der Waals surface area contributed by atoms with Crippen molar-refractivity contribution >= 4 is 16.8 Å². The van der Waals surface area contributed by atoms with Gasteiger partial charge in [0.15, 0.2) is 5.96 Å². The number of ether oxygens (including phenoxy) is 1. The van der Waals surface area contributed by atoms with Crippen molar-refractivity contribution in [1.29, 1.82) is 0 Å². The third kappa shape index (κ3) is 7.80. The summed E-state index contributed by atoms with van der Waals surface area (Å²) in [5.74, 6) is 1.26. The molecule has 0 spiro atoms. The lowest BCUT2D eigenvalue weighted by Crippen LogP contribution is -2.39. The van der Waals surface area contributed by atoms with E-state index in [4.69, 9.17) is 4.74 Å². The minimum atomic E-state index is -1.00. The van der Waals surface area contributed by atoms with Gasteiger partial charge in [-0.05, 0) is 24.6 Å². The third-order valence-corrected chi connectivity index (χ3v) is 4.92. The molecule has 0 bridgehead atoms. The molecule has 0 aliphatic carbocycles. The van der Waals surface area contributed by atoms with E-state index in [9.17, 15) is 4.21 Å². The molecule has 2 rings (SSSR count). The summed E-state index contributed by atoms with van der Waals surface area (Å²) in [7, 11) is -1.00. The van der Waals surface area contributed by atoms with Crippen molar-refractivity contribution in [2.75, 3.05) is 32.0 Å². The Morgan fingerprint density at radius 3 is 2.42 bits per heavy atom. The second-order valence-electron chi connectivity index (χ2n) is 5.59. The number of aliphatic imine (C=N–C) groups is 1. The highest BCUT2D eigenvalue weighted by molar-refractivity contribution is 7.85. The Kier molecular flexibility index (Phi) is 9.46. The molecule has 0 saturated heterocycles. The van der Waals surface area contributed by atoms with Gasteiger partial charge in [-0.25, -0.2) is 0 Å². The molecule has 1 atom stereocenters. The van der Waals surface area contributed by atoms with Gasteiger partial charge in [0.1, 0.15) is 0 Å². The lowest BCUT2D eigenvalue weighted by Gasteiger charge is -2.11. The topological polar surface area (TPSA) is 62.7 Å². The summed E-state index contributed by atoms with van der Waals surface area (Å²) in [5, 5.41) is 6.41. The number of hydrogen-bond acceptors (Lipinski definition) is 3. The quantitative estimate of drug-likeness (QED) is 0.382. The number of nitrogens with one attached hydrogen (secondary N) is 2. The van der Waals surface area contributed by atoms with Gasteiger partial charge in [0.05, 0.1) is 30.6 Å². The Morgan fingerprint density at radius 2 is 1.73 bits per heavy atom. The van der Waals surface area contributed by atoms with Crippen LogP contribution in [0, 0.1) is 0 Å². The number of guanidine groups is 1. The van der Waals surface area contributed by atoms with Gasteiger partial charge in [-0.3, -0.25) is 9.20 Å². The molecule has 6 heteroatoms. The van der Waals surface area contributed by atoms with E-state index >= 15 is 0 Å². The monoisotopic (exact) mass is 373 g/mol. The fourth-order valence-electron chi connectivity index (χ4n) is 2.28. The highest BCUT2D eigenvalue weighted by atomic mass is 32.2. The molecule has 0 aromatic heterocycles. The molecule has 2 aromatic carbocycles. The van der Waals surface area contributed by atoms with Gasteiger partial charge >= 0.3 is 0 Å². The summed E-state index contributed by atoms with van der Waals surface area (Å²) in [6, 6.07) is 19.6. The van der Waals surface area contributed by atoms with Crippen molar-refractivity contribution in [2.45, 2.75) is 18.4 Å².